The highest BCUT2D eigenvalue weighted by molar-refractivity contribution is 5.29. The third-order valence-corrected chi connectivity index (χ3v) is 3.53. The van der Waals surface area contributed by atoms with Crippen LogP contribution in [-0.4, -0.2) is 44.4 Å². The zero-order chi connectivity index (χ0) is 15.7. The second-order valence-corrected chi connectivity index (χ2v) is 5.61. The van der Waals surface area contributed by atoms with Crippen LogP contribution in [0, 0.1) is 0 Å². The highest BCUT2D eigenvalue weighted by Crippen LogP contribution is 2.18. The van der Waals surface area contributed by atoms with Gasteiger partial charge in [-0.2, -0.15) is 0 Å². The van der Waals surface area contributed by atoms with E-state index in [-0.39, 0.29) is 6.04 Å². The van der Waals surface area contributed by atoms with Gasteiger partial charge in [0, 0.05) is 32.3 Å². The van der Waals surface area contributed by atoms with E-state index in [1.54, 1.807) is 7.11 Å². The van der Waals surface area contributed by atoms with Gasteiger partial charge < -0.3 is 15.2 Å². The van der Waals surface area contributed by atoms with E-state index in [4.69, 9.17) is 15.2 Å². The smallest absolute Gasteiger partial charge is 0.119 e. The number of rotatable bonds is 10. The summed E-state index contributed by atoms with van der Waals surface area (Å²) in [4.78, 5) is 2.34. The van der Waals surface area contributed by atoms with Crippen molar-refractivity contribution < 1.29 is 9.47 Å². The Bertz CT molecular complexity index is 379. The van der Waals surface area contributed by atoms with Crippen LogP contribution < -0.4 is 10.5 Å². The summed E-state index contributed by atoms with van der Waals surface area (Å²) < 4.78 is 10.8. The lowest BCUT2D eigenvalue weighted by atomic mass is 10.1. The predicted molar refractivity (Wildman–Crippen MR) is 87.7 cm³/mol. The Kier molecular flexibility index (Phi) is 8.35. The van der Waals surface area contributed by atoms with Crippen molar-refractivity contribution in [1.29, 1.82) is 0 Å². The van der Waals surface area contributed by atoms with Crippen LogP contribution in [0.4, 0.5) is 0 Å². The first-order valence-electron chi connectivity index (χ1n) is 7.79. The summed E-state index contributed by atoms with van der Waals surface area (Å²) in [6.45, 7) is 9.69. The first-order valence-corrected chi connectivity index (χ1v) is 7.79. The predicted octanol–water partition coefficient (Wildman–Crippen LogP) is 2.83. The van der Waals surface area contributed by atoms with Crippen molar-refractivity contribution in [2.45, 2.75) is 39.3 Å². The number of nitrogens with zero attached hydrogens (tertiary/aromatic N) is 1. The van der Waals surface area contributed by atoms with Crippen LogP contribution in [0.2, 0.25) is 0 Å². The summed E-state index contributed by atoms with van der Waals surface area (Å²) in [6.07, 6.45) is 1.02. The Morgan fingerprint density at radius 3 is 2.33 bits per heavy atom. The van der Waals surface area contributed by atoms with Crippen molar-refractivity contribution in [3.63, 3.8) is 0 Å². The summed E-state index contributed by atoms with van der Waals surface area (Å²) in [7, 11) is 1.73. The van der Waals surface area contributed by atoms with Crippen molar-refractivity contribution in [3.05, 3.63) is 29.8 Å². The van der Waals surface area contributed by atoms with Gasteiger partial charge in [0.2, 0.25) is 0 Å². The molecule has 0 saturated carbocycles. The molecule has 1 atom stereocenters. The monoisotopic (exact) mass is 294 g/mol. The molecule has 0 fully saturated rings. The molecular formula is C17H30N2O2. The van der Waals surface area contributed by atoms with Gasteiger partial charge in [-0.3, -0.25) is 4.90 Å². The third-order valence-electron chi connectivity index (χ3n) is 3.53. The average molecular weight is 294 g/mol. The molecule has 4 heteroatoms. The zero-order valence-corrected chi connectivity index (χ0v) is 13.8. The Hall–Kier alpha value is -1.10. The standard InChI is InChI=1S/C17H30N2O2/c1-5-11-21-16-8-6-15(7-9-16)17(18)13-19(14(2)3)10-12-20-4/h6-9,14,17H,5,10-13,18H2,1-4H3. The van der Waals surface area contributed by atoms with Crippen LogP contribution in [0.1, 0.15) is 38.8 Å². The maximum atomic E-state index is 6.33. The molecule has 2 N–H and O–H groups in total. The summed E-state index contributed by atoms with van der Waals surface area (Å²) >= 11 is 0. The van der Waals surface area contributed by atoms with Gasteiger partial charge >= 0.3 is 0 Å². The van der Waals surface area contributed by atoms with Gasteiger partial charge in [0.1, 0.15) is 5.75 Å². The Morgan fingerprint density at radius 2 is 1.81 bits per heavy atom. The van der Waals surface area contributed by atoms with E-state index in [0.717, 1.165) is 44.0 Å². The number of hydrogen-bond donors (Lipinski definition) is 1. The molecule has 1 aromatic rings. The minimum Gasteiger partial charge on any atom is -0.494 e. The zero-order valence-electron chi connectivity index (χ0n) is 13.8. The van der Waals surface area contributed by atoms with Gasteiger partial charge in [-0.15, -0.1) is 0 Å². The minimum absolute atomic E-state index is 0.00415. The molecule has 1 aromatic carbocycles. The van der Waals surface area contributed by atoms with Crippen molar-refractivity contribution in [2.75, 3.05) is 33.4 Å². The molecule has 1 unspecified atom stereocenters. The van der Waals surface area contributed by atoms with Crippen LogP contribution in [0.25, 0.3) is 0 Å². The van der Waals surface area contributed by atoms with Gasteiger partial charge in [0.25, 0.3) is 0 Å². The molecule has 0 heterocycles. The summed E-state index contributed by atoms with van der Waals surface area (Å²) in [5.74, 6) is 0.910. The first-order chi connectivity index (χ1) is 10.1. The lowest BCUT2D eigenvalue weighted by Crippen LogP contribution is -2.39. The molecule has 0 saturated heterocycles. The molecule has 21 heavy (non-hydrogen) atoms. The third kappa shape index (κ3) is 6.46. The van der Waals surface area contributed by atoms with Crippen molar-refractivity contribution in [3.8, 4) is 5.75 Å². The Labute approximate surface area is 129 Å². The van der Waals surface area contributed by atoms with Crippen molar-refractivity contribution in [2.24, 2.45) is 5.73 Å². The van der Waals surface area contributed by atoms with Gasteiger partial charge in [-0.1, -0.05) is 19.1 Å². The molecule has 0 radical (unpaired) electrons. The lowest BCUT2D eigenvalue weighted by molar-refractivity contribution is 0.125. The van der Waals surface area contributed by atoms with E-state index in [9.17, 15) is 0 Å². The average Bonchev–Trinajstić information content (AvgIpc) is 2.49. The lowest BCUT2D eigenvalue weighted by Gasteiger charge is -2.29. The maximum Gasteiger partial charge on any atom is 0.119 e. The number of nitrogens with two attached hydrogens (primary N) is 1. The van der Waals surface area contributed by atoms with E-state index in [2.05, 4.69) is 37.8 Å². The van der Waals surface area contributed by atoms with Gasteiger partial charge in [-0.25, -0.2) is 0 Å². The maximum absolute atomic E-state index is 6.33. The Balaban J connectivity index is 2.58. The number of hydrogen-bond acceptors (Lipinski definition) is 4. The minimum atomic E-state index is 0.00415. The fraction of sp³-hybridized carbons (Fsp3) is 0.647. The van der Waals surface area contributed by atoms with E-state index in [1.807, 2.05) is 12.1 Å². The van der Waals surface area contributed by atoms with Crippen molar-refractivity contribution in [1.82, 2.24) is 4.90 Å². The number of ether oxygens (including phenoxy) is 2. The van der Waals surface area contributed by atoms with Crippen LogP contribution in [0.5, 0.6) is 5.75 Å². The van der Waals surface area contributed by atoms with Crippen LogP contribution in [0.3, 0.4) is 0 Å². The van der Waals surface area contributed by atoms with E-state index >= 15 is 0 Å². The normalized spacial score (nSPS) is 12.9. The molecule has 0 bridgehead atoms. The van der Waals surface area contributed by atoms with Crippen LogP contribution in [0.15, 0.2) is 24.3 Å². The molecular weight excluding hydrogens is 264 g/mol. The molecule has 4 nitrogen and oxygen atoms in total. The van der Waals surface area contributed by atoms with E-state index in [0.29, 0.717) is 6.04 Å². The number of benzene rings is 1. The Morgan fingerprint density at radius 1 is 1.14 bits per heavy atom. The van der Waals surface area contributed by atoms with E-state index < -0.39 is 0 Å². The summed E-state index contributed by atoms with van der Waals surface area (Å²) in [6, 6.07) is 8.58. The molecule has 0 aliphatic rings. The van der Waals surface area contributed by atoms with Crippen LogP contribution >= 0.6 is 0 Å². The number of methoxy groups -OCH3 is 1. The van der Waals surface area contributed by atoms with Gasteiger partial charge in [0.05, 0.1) is 13.2 Å². The molecule has 0 spiro atoms. The quantitative estimate of drug-likeness (QED) is 0.721. The highest BCUT2D eigenvalue weighted by Gasteiger charge is 2.15. The fourth-order valence-corrected chi connectivity index (χ4v) is 2.16. The second kappa shape index (κ2) is 9.77. The van der Waals surface area contributed by atoms with Crippen LogP contribution in [-0.2, 0) is 4.74 Å². The summed E-state index contributed by atoms with van der Waals surface area (Å²) in [5.41, 5.74) is 7.47. The highest BCUT2D eigenvalue weighted by atomic mass is 16.5. The summed E-state index contributed by atoms with van der Waals surface area (Å²) in [5, 5.41) is 0. The molecule has 0 aromatic heterocycles. The molecule has 0 amide bonds. The van der Waals surface area contributed by atoms with Gasteiger partial charge in [-0.05, 0) is 38.0 Å². The molecule has 0 aliphatic carbocycles. The topological polar surface area (TPSA) is 47.7 Å². The molecule has 120 valence electrons. The first kappa shape index (κ1) is 18.0. The molecule has 1 rings (SSSR count). The largest absolute Gasteiger partial charge is 0.494 e. The second-order valence-electron chi connectivity index (χ2n) is 5.61. The fourth-order valence-electron chi connectivity index (χ4n) is 2.16. The van der Waals surface area contributed by atoms with Gasteiger partial charge in [0.15, 0.2) is 0 Å². The molecule has 0 aliphatic heterocycles. The van der Waals surface area contributed by atoms with Crippen molar-refractivity contribution >= 4 is 0 Å². The van der Waals surface area contributed by atoms with E-state index in [1.165, 1.54) is 0 Å². The SMILES string of the molecule is CCCOc1ccc(C(N)CN(CCOC)C(C)C)cc1.